The maximum absolute atomic E-state index is 12.2. The van der Waals surface area contributed by atoms with Gasteiger partial charge in [-0.1, -0.05) is 6.92 Å². The number of likely N-dealkylation sites (tertiary alicyclic amines) is 1. The first kappa shape index (κ1) is 12.1. The fourth-order valence-electron chi connectivity index (χ4n) is 2.22. The summed E-state index contributed by atoms with van der Waals surface area (Å²) >= 11 is 0. The minimum Gasteiger partial charge on any atom is -0.338 e. The topological polar surface area (TPSA) is 53.0 Å². The second-order valence-corrected chi connectivity index (χ2v) is 4.94. The van der Waals surface area contributed by atoms with Crippen LogP contribution in [0.3, 0.4) is 0 Å². The summed E-state index contributed by atoms with van der Waals surface area (Å²) in [5.41, 5.74) is 0.529. The van der Waals surface area contributed by atoms with E-state index in [0.29, 0.717) is 24.5 Å². The number of hydrogen-bond acceptors (Lipinski definition) is 3. The number of rotatable bonds is 1. The number of hydrogen-bond donors (Lipinski definition) is 0. The van der Waals surface area contributed by atoms with Gasteiger partial charge in [0.15, 0.2) is 0 Å². The zero-order chi connectivity index (χ0) is 12.4. The summed E-state index contributed by atoms with van der Waals surface area (Å²) in [5, 5.41) is 5.35. The minimum absolute atomic E-state index is 0.0104. The molecule has 0 aliphatic carbocycles. The van der Waals surface area contributed by atoms with Crippen LogP contribution < -0.4 is 0 Å². The van der Waals surface area contributed by atoms with Crippen molar-refractivity contribution < 1.29 is 9.59 Å². The molecule has 17 heavy (non-hydrogen) atoms. The molecule has 0 bridgehead atoms. The van der Waals surface area contributed by atoms with Crippen LogP contribution in [0.15, 0.2) is 5.10 Å². The Morgan fingerprint density at radius 1 is 1.29 bits per heavy atom. The monoisotopic (exact) mass is 237 g/mol. The molecule has 5 heteroatoms. The molecule has 0 aromatic rings. The molecule has 1 saturated heterocycles. The second-order valence-electron chi connectivity index (χ2n) is 4.94. The van der Waals surface area contributed by atoms with Crippen molar-refractivity contribution in [3.8, 4) is 0 Å². The van der Waals surface area contributed by atoms with Crippen LogP contribution in [0.25, 0.3) is 0 Å². The summed E-state index contributed by atoms with van der Waals surface area (Å²) in [6, 6.07) is 0. The molecule has 0 atom stereocenters. The van der Waals surface area contributed by atoms with Gasteiger partial charge >= 0.3 is 0 Å². The van der Waals surface area contributed by atoms with Crippen molar-refractivity contribution in [2.24, 2.45) is 11.0 Å². The molecule has 2 amide bonds. The van der Waals surface area contributed by atoms with Gasteiger partial charge in [-0.2, -0.15) is 5.10 Å². The maximum Gasteiger partial charge on any atom is 0.270 e. The molecule has 0 N–H and O–H groups in total. The highest BCUT2D eigenvalue weighted by Crippen LogP contribution is 2.18. The van der Waals surface area contributed by atoms with Crippen LogP contribution in [0.5, 0.6) is 0 Å². The van der Waals surface area contributed by atoms with E-state index in [9.17, 15) is 9.59 Å². The van der Waals surface area contributed by atoms with Crippen LogP contribution in [-0.2, 0) is 9.59 Å². The Labute approximate surface area is 101 Å². The van der Waals surface area contributed by atoms with E-state index in [2.05, 4.69) is 12.0 Å². The highest BCUT2D eigenvalue weighted by atomic mass is 16.2. The second kappa shape index (κ2) is 4.85. The summed E-state index contributed by atoms with van der Waals surface area (Å²) < 4.78 is 0. The van der Waals surface area contributed by atoms with E-state index in [1.807, 2.05) is 4.90 Å². The van der Waals surface area contributed by atoms with Crippen molar-refractivity contribution in [1.29, 1.82) is 0 Å². The predicted molar refractivity (Wildman–Crippen MR) is 64.4 cm³/mol. The molecule has 0 unspecified atom stereocenters. The van der Waals surface area contributed by atoms with Crippen molar-refractivity contribution in [3.05, 3.63) is 0 Å². The smallest absolute Gasteiger partial charge is 0.270 e. The van der Waals surface area contributed by atoms with E-state index >= 15 is 0 Å². The molecule has 94 valence electrons. The SMILES string of the molecule is CC1CCN(C(=O)C2=NN(C)C(=O)CC2)CC1. The van der Waals surface area contributed by atoms with Gasteiger partial charge in [0.25, 0.3) is 5.91 Å². The summed E-state index contributed by atoms with van der Waals surface area (Å²) in [4.78, 5) is 25.3. The fraction of sp³-hybridized carbons (Fsp3) is 0.750. The Hall–Kier alpha value is -1.39. The summed E-state index contributed by atoms with van der Waals surface area (Å²) in [6.07, 6.45) is 3.00. The van der Waals surface area contributed by atoms with E-state index in [-0.39, 0.29) is 11.8 Å². The standard InChI is InChI=1S/C12H19N3O2/c1-9-5-7-15(8-6-9)12(17)10-3-4-11(16)14(2)13-10/h9H,3-8H2,1-2H3. The third-order valence-corrected chi connectivity index (χ3v) is 3.53. The molecule has 0 radical (unpaired) electrons. The lowest BCUT2D eigenvalue weighted by Gasteiger charge is -2.31. The van der Waals surface area contributed by atoms with E-state index in [1.54, 1.807) is 7.05 Å². The molecule has 0 saturated carbocycles. The highest BCUT2D eigenvalue weighted by Gasteiger charge is 2.27. The first-order chi connectivity index (χ1) is 8.08. The van der Waals surface area contributed by atoms with E-state index < -0.39 is 0 Å². The zero-order valence-corrected chi connectivity index (χ0v) is 10.5. The van der Waals surface area contributed by atoms with Gasteiger partial charge in [-0.05, 0) is 18.8 Å². The molecule has 1 fully saturated rings. The largest absolute Gasteiger partial charge is 0.338 e. The Bertz CT molecular complexity index is 357. The molecule has 2 aliphatic heterocycles. The van der Waals surface area contributed by atoms with E-state index in [1.165, 1.54) is 5.01 Å². The van der Waals surface area contributed by atoms with Crippen LogP contribution in [-0.4, -0.2) is 47.6 Å². The maximum atomic E-state index is 12.2. The zero-order valence-electron chi connectivity index (χ0n) is 10.5. The van der Waals surface area contributed by atoms with Crippen LogP contribution in [0.1, 0.15) is 32.6 Å². The van der Waals surface area contributed by atoms with E-state index in [0.717, 1.165) is 25.9 Å². The summed E-state index contributed by atoms with van der Waals surface area (Å²) in [5.74, 6) is 0.696. The molecule has 2 heterocycles. The van der Waals surface area contributed by atoms with Gasteiger partial charge in [-0.15, -0.1) is 0 Å². The van der Waals surface area contributed by atoms with Crippen molar-refractivity contribution in [2.75, 3.05) is 20.1 Å². The molecular weight excluding hydrogens is 218 g/mol. The lowest BCUT2D eigenvalue weighted by Crippen LogP contribution is -2.44. The summed E-state index contributed by atoms with van der Waals surface area (Å²) in [6.45, 7) is 3.85. The number of piperidine rings is 1. The minimum atomic E-state index is -0.0196. The number of amides is 2. The van der Waals surface area contributed by atoms with Gasteiger partial charge in [0.2, 0.25) is 5.91 Å². The van der Waals surface area contributed by atoms with Crippen molar-refractivity contribution in [1.82, 2.24) is 9.91 Å². The lowest BCUT2D eigenvalue weighted by atomic mass is 9.98. The number of nitrogens with zero attached hydrogens (tertiary/aromatic N) is 3. The first-order valence-corrected chi connectivity index (χ1v) is 6.21. The molecular formula is C12H19N3O2. The van der Waals surface area contributed by atoms with Gasteiger partial charge in [-0.3, -0.25) is 9.59 Å². The van der Waals surface area contributed by atoms with Gasteiger partial charge in [-0.25, -0.2) is 5.01 Å². The lowest BCUT2D eigenvalue weighted by molar-refractivity contribution is -0.130. The normalized spacial score (nSPS) is 22.7. The molecule has 0 aromatic carbocycles. The Morgan fingerprint density at radius 2 is 1.94 bits per heavy atom. The highest BCUT2D eigenvalue weighted by molar-refractivity contribution is 6.39. The molecule has 2 aliphatic rings. The number of carbonyl (C=O) groups excluding carboxylic acids is 2. The number of carbonyl (C=O) groups is 2. The Kier molecular flexibility index (Phi) is 3.45. The van der Waals surface area contributed by atoms with Crippen molar-refractivity contribution >= 4 is 17.5 Å². The average molecular weight is 237 g/mol. The first-order valence-electron chi connectivity index (χ1n) is 6.21. The van der Waals surface area contributed by atoms with Gasteiger partial charge < -0.3 is 4.90 Å². The number of hydrazone groups is 1. The van der Waals surface area contributed by atoms with Crippen LogP contribution in [0.4, 0.5) is 0 Å². The molecule has 5 nitrogen and oxygen atoms in total. The third kappa shape index (κ3) is 2.65. The Morgan fingerprint density at radius 3 is 2.53 bits per heavy atom. The summed E-state index contributed by atoms with van der Waals surface area (Å²) in [7, 11) is 1.60. The Balaban J connectivity index is 2.00. The fourth-order valence-corrected chi connectivity index (χ4v) is 2.22. The third-order valence-electron chi connectivity index (χ3n) is 3.53. The predicted octanol–water partition coefficient (Wildman–Crippen LogP) is 0.853. The molecule has 0 spiro atoms. The van der Waals surface area contributed by atoms with Crippen molar-refractivity contribution in [2.45, 2.75) is 32.6 Å². The molecule has 2 rings (SSSR count). The van der Waals surface area contributed by atoms with Crippen LogP contribution in [0, 0.1) is 5.92 Å². The van der Waals surface area contributed by atoms with Crippen LogP contribution in [0.2, 0.25) is 0 Å². The quantitative estimate of drug-likeness (QED) is 0.679. The van der Waals surface area contributed by atoms with Gasteiger partial charge in [0, 0.05) is 33.0 Å². The van der Waals surface area contributed by atoms with Crippen molar-refractivity contribution in [3.63, 3.8) is 0 Å². The van der Waals surface area contributed by atoms with Gasteiger partial charge in [0.1, 0.15) is 5.71 Å². The van der Waals surface area contributed by atoms with E-state index in [4.69, 9.17) is 0 Å². The molecule has 0 aromatic heterocycles. The average Bonchev–Trinajstić information content (AvgIpc) is 2.33. The van der Waals surface area contributed by atoms with Gasteiger partial charge in [0.05, 0.1) is 0 Å². The van der Waals surface area contributed by atoms with Crippen LogP contribution >= 0.6 is 0 Å².